The molecular formula is C16H4F2O6. The molecule has 24 heavy (non-hydrogen) atoms. The second-order valence-corrected chi connectivity index (χ2v) is 5.11. The Kier molecular flexibility index (Phi) is 2.69. The lowest BCUT2D eigenvalue weighted by molar-refractivity contribution is 0.0333. The number of halogens is 2. The predicted molar refractivity (Wildman–Crippen MR) is 71.3 cm³/mol. The normalized spacial score (nSPS) is 15.2. The number of carbonyl (C=O) groups is 4. The fourth-order valence-corrected chi connectivity index (χ4v) is 2.62. The van der Waals surface area contributed by atoms with Gasteiger partial charge in [-0.1, -0.05) is 0 Å². The van der Waals surface area contributed by atoms with Crippen molar-refractivity contribution >= 4 is 23.9 Å². The van der Waals surface area contributed by atoms with Crippen LogP contribution < -0.4 is 0 Å². The third kappa shape index (κ3) is 1.79. The van der Waals surface area contributed by atoms with Crippen molar-refractivity contribution in [2.45, 2.75) is 0 Å². The second kappa shape index (κ2) is 4.54. The first-order valence-corrected chi connectivity index (χ1v) is 6.57. The van der Waals surface area contributed by atoms with Gasteiger partial charge in [0.2, 0.25) is 0 Å². The molecule has 0 radical (unpaired) electrons. The molecule has 0 saturated carbocycles. The van der Waals surface area contributed by atoms with E-state index >= 15 is 0 Å². The maximum absolute atomic E-state index is 14.3. The topological polar surface area (TPSA) is 86.7 Å². The van der Waals surface area contributed by atoms with Gasteiger partial charge in [0.15, 0.2) is 0 Å². The van der Waals surface area contributed by atoms with Crippen LogP contribution >= 0.6 is 0 Å². The van der Waals surface area contributed by atoms with E-state index in [1.165, 1.54) is 0 Å². The molecule has 2 aliphatic heterocycles. The fourth-order valence-electron chi connectivity index (χ4n) is 2.62. The third-order valence-electron chi connectivity index (χ3n) is 3.76. The van der Waals surface area contributed by atoms with Crippen molar-refractivity contribution in [2.75, 3.05) is 0 Å². The number of cyclic esters (lactones) is 2. The first-order valence-electron chi connectivity index (χ1n) is 6.57. The summed E-state index contributed by atoms with van der Waals surface area (Å²) >= 11 is 0. The smallest absolute Gasteiger partial charge is 0.347 e. The van der Waals surface area contributed by atoms with Gasteiger partial charge in [0, 0.05) is 11.1 Å². The van der Waals surface area contributed by atoms with Crippen LogP contribution in [0.2, 0.25) is 0 Å². The fraction of sp³-hybridized carbons (Fsp3) is 0. The second-order valence-electron chi connectivity index (χ2n) is 5.11. The van der Waals surface area contributed by atoms with E-state index in [-0.39, 0.29) is 11.1 Å². The summed E-state index contributed by atoms with van der Waals surface area (Å²) in [5, 5.41) is 0. The summed E-state index contributed by atoms with van der Waals surface area (Å²) in [6.45, 7) is 0. The molecule has 0 unspecified atom stereocenters. The van der Waals surface area contributed by atoms with Crippen molar-refractivity contribution in [3.63, 3.8) is 0 Å². The summed E-state index contributed by atoms with van der Waals surface area (Å²) in [5.41, 5.74) is -2.94. The van der Waals surface area contributed by atoms with E-state index in [9.17, 15) is 28.0 Å². The Morgan fingerprint density at radius 3 is 1.12 bits per heavy atom. The molecule has 0 N–H and O–H groups in total. The molecule has 4 bridgehead atoms. The molecular weight excluding hydrogens is 326 g/mol. The quantitative estimate of drug-likeness (QED) is 0.544. The SMILES string of the molecule is O=C1OC(=O)c2cc(F)c3cc2C(=O)OC(=O)c2cc-3c(F)cc21. The highest BCUT2D eigenvalue weighted by Crippen LogP contribution is 2.34. The highest BCUT2D eigenvalue weighted by molar-refractivity contribution is 6.16. The molecule has 118 valence electrons. The van der Waals surface area contributed by atoms with Crippen molar-refractivity contribution in [1.82, 2.24) is 0 Å². The third-order valence-corrected chi connectivity index (χ3v) is 3.76. The number of hydrogen-bond acceptors (Lipinski definition) is 6. The molecule has 0 aromatic heterocycles. The zero-order chi connectivity index (χ0) is 17.2. The minimum atomic E-state index is -1.32. The van der Waals surface area contributed by atoms with Crippen molar-refractivity contribution in [1.29, 1.82) is 0 Å². The van der Waals surface area contributed by atoms with E-state index in [0.29, 0.717) is 12.1 Å². The number of ether oxygens (including phenoxy) is 2. The molecule has 0 amide bonds. The summed E-state index contributed by atoms with van der Waals surface area (Å²) in [4.78, 5) is 48.3. The van der Waals surface area contributed by atoms with E-state index < -0.39 is 57.8 Å². The van der Waals surface area contributed by atoms with Gasteiger partial charge in [-0.3, -0.25) is 0 Å². The van der Waals surface area contributed by atoms with Gasteiger partial charge in [0.25, 0.3) is 0 Å². The molecule has 0 spiro atoms. The molecule has 0 saturated heterocycles. The van der Waals surface area contributed by atoms with Crippen LogP contribution in [0.4, 0.5) is 8.78 Å². The Bertz CT molecular complexity index is 929. The number of hydrogen-bond donors (Lipinski definition) is 0. The van der Waals surface area contributed by atoms with E-state index in [4.69, 9.17) is 0 Å². The van der Waals surface area contributed by atoms with Crippen LogP contribution in [0, 0.1) is 11.6 Å². The summed E-state index contributed by atoms with van der Waals surface area (Å²) in [6.07, 6.45) is 0. The lowest BCUT2D eigenvalue weighted by Gasteiger charge is -2.11. The lowest BCUT2D eigenvalue weighted by atomic mass is 9.96. The van der Waals surface area contributed by atoms with Crippen LogP contribution in [0.5, 0.6) is 0 Å². The molecule has 2 aliphatic rings. The first kappa shape index (κ1) is 14.2. The molecule has 2 aromatic carbocycles. The van der Waals surface area contributed by atoms with Crippen LogP contribution in [0.3, 0.4) is 0 Å². The van der Waals surface area contributed by atoms with Crippen molar-refractivity contribution < 1.29 is 37.4 Å². The monoisotopic (exact) mass is 330 g/mol. The maximum Gasteiger partial charge on any atom is 0.347 e. The maximum atomic E-state index is 14.3. The van der Waals surface area contributed by atoms with Crippen LogP contribution in [-0.2, 0) is 9.47 Å². The molecule has 0 atom stereocenters. The van der Waals surface area contributed by atoms with Gasteiger partial charge in [-0.2, -0.15) is 0 Å². The predicted octanol–water partition coefficient (Wildman–Crippen LogP) is 2.25. The Hall–Kier alpha value is -3.42. The van der Waals surface area contributed by atoms with Gasteiger partial charge in [-0.05, 0) is 24.3 Å². The van der Waals surface area contributed by atoms with Crippen molar-refractivity contribution in [2.24, 2.45) is 0 Å². The van der Waals surface area contributed by atoms with Gasteiger partial charge >= 0.3 is 23.9 Å². The summed E-state index contributed by atoms with van der Waals surface area (Å²) in [5.74, 6) is -7.17. The largest absolute Gasteiger partial charge is 0.386 e. The molecule has 4 rings (SSSR count). The van der Waals surface area contributed by atoms with E-state index in [2.05, 4.69) is 9.47 Å². The van der Waals surface area contributed by atoms with Crippen LogP contribution in [-0.4, -0.2) is 23.9 Å². The molecule has 0 aliphatic carbocycles. The summed E-state index contributed by atoms with van der Waals surface area (Å²) in [7, 11) is 0. The Labute approximate surface area is 131 Å². The van der Waals surface area contributed by atoms with Gasteiger partial charge < -0.3 is 9.47 Å². The van der Waals surface area contributed by atoms with Gasteiger partial charge in [-0.15, -0.1) is 0 Å². The van der Waals surface area contributed by atoms with Crippen LogP contribution in [0.25, 0.3) is 11.1 Å². The first-order chi connectivity index (χ1) is 11.4. The Morgan fingerprint density at radius 2 is 0.792 bits per heavy atom. The van der Waals surface area contributed by atoms with E-state index in [0.717, 1.165) is 12.1 Å². The summed E-state index contributed by atoms with van der Waals surface area (Å²) < 4.78 is 37.8. The van der Waals surface area contributed by atoms with Crippen LogP contribution in [0.1, 0.15) is 41.4 Å². The average molecular weight is 330 g/mol. The zero-order valence-electron chi connectivity index (χ0n) is 11.5. The average Bonchev–Trinajstić information content (AvgIpc) is 2.53. The lowest BCUT2D eigenvalue weighted by Crippen LogP contribution is -2.23. The highest BCUT2D eigenvalue weighted by atomic mass is 19.1. The van der Waals surface area contributed by atoms with Crippen LogP contribution in [0.15, 0.2) is 24.3 Å². The molecule has 2 heterocycles. The van der Waals surface area contributed by atoms with Gasteiger partial charge in [-0.25, -0.2) is 28.0 Å². The molecule has 6 nitrogen and oxygen atoms in total. The minimum absolute atomic E-state index is 0.354. The number of carbonyl (C=O) groups excluding carboxylic acids is 4. The van der Waals surface area contributed by atoms with E-state index in [1.54, 1.807) is 0 Å². The van der Waals surface area contributed by atoms with E-state index in [1.807, 2.05) is 0 Å². The zero-order valence-corrected chi connectivity index (χ0v) is 11.5. The number of esters is 4. The molecule has 0 fully saturated rings. The molecule has 8 heteroatoms. The van der Waals surface area contributed by atoms with Gasteiger partial charge in [0.05, 0.1) is 22.3 Å². The van der Waals surface area contributed by atoms with Gasteiger partial charge in [0.1, 0.15) is 11.6 Å². The van der Waals surface area contributed by atoms with Crippen molar-refractivity contribution in [3.05, 3.63) is 58.2 Å². The molecule has 2 aromatic rings. The number of benzene rings is 2. The standard InChI is InChI=1S/C16H4F2O6/c17-11-3-9-7-1-5(11)6-2-8(14(20)23-13(7)19)10(4-12(6)18)16(22)24-15(9)21/h1-4H. The summed E-state index contributed by atoms with van der Waals surface area (Å²) in [6, 6.07) is 3.03. The highest BCUT2D eigenvalue weighted by Gasteiger charge is 2.34. The minimum Gasteiger partial charge on any atom is -0.386 e. The number of rotatable bonds is 0. The van der Waals surface area contributed by atoms with Crippen molar-refractivity contribution in [3.8, 4) is 11.1 Å². The Morgan fingerprint density at radius 1 is 0.500 bits per heavy atom. The number of fused-ring (bicyclic) bond motifs is 5. The Balaban J connectivity index is 2.25.